The van der Waals surface area contributed by atoms with Gasteiger partial charge in [0.2, 0.25) is 5.43 Å². The van der Waals surface area contributed by atoms with E-state index >= 15 is 0 Å². The van der Waals surface area contributed by atoms with Gasteiger partial charge < -0.3 is 5.32 Å². The van der Waals surface area contributed by atoms with Crippen LogP contribution in [-0.4, -0.2) is 33.6 Å². The normalized spacial score (nSPS) is 15.3. The van der Waals surface area contributed by atoms with Crippen molar-refractivity contribution in [3.05, 3.63) is 68.6 Å². The van der Waals surface area contributed by atoms with E-state index in [4.69, 9.17) is 11.6 Å². The van der Waals surface area contributed by atoms with Crippen molar-refractivity contribution in [2.75, 3.05) is 0 Å². The maximum atomic E-state index is 14.5. The zero-order valence-corrected chi connectivity index (χ0v) is 18.1. The van der Waals surface area contributed by atoms with Crippen LogP contribution < -0.4 is 10.7 Å². The van der Waals surface area contributed by atoms with E-state index < -0.39 is 86.1 Å². The topological polar surface area (TPSA) is 64.0 Å². The van der Waals surface area contributed by atoms with Crippen LogP contribution in [0.3, 0.4) is 0 Å². The summed E-state index contributed by atoms with van der Waals surface area (Å²) in [5.74, 6) is -14.2. The number of halogens is 10. The number of alkyl halides is 5. The molecule has 1 N–H and O–H groups in total. The number of carbonyl (C=O) groups is 1. The number of hydrogen-bond acceptors (Lipinski definition) is 3. The van der Waals surface area contributed by atoms with E-state index in [-0.39, 0.29) is 25.0 Å². The lowest BCUT2D eigenvalue weighted by Crippen LogP contribution is -2.57. The van der Waals surface area contributed by atoms with Gasteiger partial charge in [0.25, 0.3) is 5.91 Å². The first-order chi connectivity index (χ1) is 16.6. The van der Waals surface area contributed by atoms with Gasteiger partial charge in [0.15, 0.2) is 28.3 Å². The average Bonchev–Trinajstić information content (AvgIpc) is 3.58. The van der Waals surface area contributed by atoms with Crippen molar-refractivity contribution in [2.45, 2.75) is 31.0 Å². The summed E-state index contributed by atoms with van der Waals surface area (Å²) in [5.41, 5.74) is -4.41. The van der Waals surface area contributed by atoms with Crippen LogP contribution >= 0.6 is 11.6 Å². The molecule has 1 amide bonds. The number of nitrogens with one attached hydrogen (secondary N) is 1. The van der Waals surface area contributed by atoms with E-state index in [0.29, 0.717) is 16.8 Å². The predicted octanol–water partition coefficient (Wildman–Crippen LogP) is 5.30. The second-order valence-electron chi connectivity index (χ2n) is 8.00. The third-order valence-electron chi connectivity index (χ3n) is 5.50. The largest absolute Gasteiger partial charge is 0.455 e. The highest BCUT2D eigenvalue weighted by Gasteiger charge is 2.65. The molecular formula is C21H11ClF9N3O2. The monoisotopic (exact) mass is 543 g/mol. The lowest BCUT2D eigenvalue weighted by Gasteiger charge is -2.29. The fourth-order valence-corrected chi connectivity index (χ4v) is 3.76. The zero-order valence-electron chi connectivity index (χ0n) is 17.4. The molecule has 1 aliphatic rings. The van der Waals surface area contributed by atoms with E-state index in [1.807, 2.05) is 0 Å². The summed E-state index contributed by atoms with van der Waals surface area (Å²) in [6, 6.07) is -1.88. The quantitative estimate of drug-likeness (QED) is 0.351. The van der Waals surface area contributed by atoms with Crippen molar-refractivity contribution in [2.24, 2.45) is 5.92 Å². The van der Waals surface area contributed by atoms with Gasteiger partial charge in [-0.1, -0.05) is 11.6 Å². The maximum Gasteiger partial charge on any atom is 0.455 e. The Morgan fingerprint density at radius 1 is 1.03 bits per heavy atom. The third kappa shape index (κ3) is 4.38. The van der Waals surface area contributed by atoms with Crippen LogP contribution in [0.25, 0.3) is 16.7 Å². The van der Waals surface area contributed by atoms with Gasteiger partial charge in [0, 0.05) is 18.3 Å². The van der Waals surface area contributed by atoms with Gasteiger partial charge in [-0.25, -0.2) is 22.5 Å². The molecule has 15 heteroatoms. The molecule has 5 nitrogen and oxygen atoms in total. The van der Waals surface area contributed by atoms with Crippen LogP contribution in [0.1, 0.15) is 23.2 Å². The van der Waals surface area contributed by atoms with E-state index in [9.17, 15) is 49.1 Å². The first-order valence-corrected chi connectivity index (χ1v) is 10.3. The Morgan fingerprint density at radius 3 is 2.14 bits per heavy atom. The van der Waals surface area contributed by atoms with Crippen molar-refractivity contribution in [3.63, 3.8) is 0 Å². The summed E-state index contributed by atoms with van der Waals surface area (Å²) >= 11 is 5.59. The fourth-order valence-electron chi connectivity index (χ4n) is 3.63. The SMILES string of the molecule is O=C(NC(C1CC1)C(F)(F)C(F)(F)F)c1cn(-c2c(F)cc(F)cc2F)c2nc(Cl)c(F)cc2c1=O. The number of hydrogen-bond donors (Lipinski definition) is 1. The summed E-state index contributed by atoms with van der Waals surface area (Å²) in [5, 5.41) is -0.207. The molecule has 3 aromatic rings. The van der Waals surface area contributed by atoms with E-state index in [1.54, 1.807) is 0 Å². The third-order valence-corrected chi connectivity index (χ3v) is 5.77. The Labute approximate surface area is 199 Å². The van der Waals surface area contributed by atoms with Gasteiger partial charge in [-0.2, -0.15) is 22.0 Å². The molecule has 0 aliphatic heterocycles. The molecule has 0 spiro atoms. The predicted molar refractivity (Wildman–Crippen MR) is 107 cm³/mol. The number of fused-ring (bicyclic) bond motifs is 1. The second kappa shape index (κ2) is 8.68. The minimum atomic E-state index is -6.04. The molecule has 0 radical (unpaired) electrons. The maximum absolute atomic E-state index is 14.5. The smallest absolute Gasteiger partial charge is 0.342 e. The van der Waals surface area contributed by atoms with Crippen LogP contribution in [0.15, 0.2) is 29.2 Å². The summed E-state index contributed by atoms with van der Waals surface area (Å²) in [7, 11) is 0. The van der Waals surface area contributed by atoms with Gasteiger partial charge in [0.05, 0.1) is 5.39 Å². The molecule has 2 aromatic heterocycles. The molecule has 1 fully saturated rings. The lowest BCUT2D eigenvalue weighted by molar-refractivity contribution is -0.293. The van der Waals surface area contributed by atoms with Crippen molar-refractivity contribution in [3.8, 4) is 5.69 Å². The molecule has 0 saturated heterocycles. The number of amides is 1. The molecule has 2 heterocycles. The highest BCUT2D eigenvalue weighted by atomic mass is 35.5. The molecule has 1 unspecified atom stereocenters. The molecule has 192 valence electrons. The molecular weight excluding hydrogens is 533 g/mol. The lowest BCUT2D eigenvalue weighted by atomic mass is 10.0. The Hall–Kier alpha value is -3.29. The van der Waals surface area contributed by atoms with Crippen LogP contribution in [0, 0.1) is 29.2 Å². The van der Waals surface area contributed by atoms with Crippen molar-refractivity contribution in [1.29, 1.82) is 0 Å². The summed E-state index contributed by atoms with van der Waals surface area (Å²) < 4.78 is 124. The fraction of sp³-hybridized carbons (Fsp3) is 0.286. The molecule has 0 bridgehead atoms. The summed E-state index contributed by atoms with van der Waals surface area (Å²) in [6.45, 7) is 0. The molecule has 4 rings (SSSR count). The van der Waals surface area contributed by atoms with Crippen molar-refractivity contribution >= 4 is 28.5 Å². The molecule has 1 saturated carbocycles. The summed E-state index contributed by atoms with van der Waals surface area (Å²) in [4.78, 5) is 29.2. The Morgan fingerprint density at radius 2 is 1.61 bits per heavy atom. The Kier molecular flexibility index (Phi) is 6.22. The molecule has 36 heavy (non-hydrogen) atoms. The van der Waals surface area contributed by atoms with Gasteiger partial charge in [-0.3, -0.25) is 14.2 Å². The van der Waals surface area contributed by atoms with E-state index in [0.717, 1.165) is 0 Å². The number of pyridine rings is 2. The number of carbonyl (C=O) groups excluding carboxylic acids is 1. The minimum Gasteiger partial charge on any atom is -0.342 e. The highest BCUT2D eigenvalue weighted by Crippen LogP contribution is 2.46. The minimum absolute atomic E-state index is 0.0712. The summed E-state index contributed by atoms with van der Waals surface area (Å²) in [6.07, 6.45) is -5.78. The first kappa shape index (κ1) is 25.8. The molecule has 1 atom stereocenters. The second-order valence-corrected chi connectivity index (χ2v) is 8.36. The Bertz CT molecular complexity index is 1430. The highest BCUT2D eigenvalue weighted by molar-refractivity contribution is 6.29. The van der Waals surface area contributed by atoms with Gasteiger partial charge in [0.1, 0.15) is 23.1 Å². The van der Waals surface area contributed by atoms with Crippen molar-refractivity contribution in [1.82, 2.24) is 14.9 Å². The zero-order chi connectivity index (χ0) is 26.7. The molecule has 1 aliphatic carbocycles. The van der Waals surface area contributed by atoms with E-state index in [1.165, 1.54) is 5.32 Å². The van der Waals surface area contributed by atoms with Gasteiger partial charge in [-0.15, -0.1) is 0 Å². The first-order valence-electron chi connectivity index (χ1n) is 9.95. The average molecular weight is 544 g/mol. The van der Waals surface area contributed by atoms with Crippen LogP contribution in [0.2, 0.25) is 5.15 Å². The number of rotatable bonds is 5. The van der Waals surface area contributed by atoms with Crippen molar-refractivity contribution < 1.29 is 44.3 Å². The van der Waals surface area contributed by atoms with Gasteiger partial charge in [-0.05, 0) is 24.8 Å². The van der Waals surface area contributed by atoms with Gasteiger partial charge >= 0.3 is 12.1 Å². The van der Waals surface area contributed by atoms with E-state index in [2.05, 4.69) is 4.98 Å². The standard InChI is InChI=1S/C21H11ClF9N3O2/c22-17-13(26)5-9-15(35)10(19(36)32-16(7-1-2-7)20(27,28)21(29,30)31)6-34(18(9)33-17)14-11(24)3-8(23)4-12(14)25/h3-7,16H,1-2H2,(H,32,36). The number of nitrogens with zero attached hydrogens (tertiary/aromatic N) is 2. The van der Waals surface area contributed by atoms with Crippen LogP contribution in [-0.2, 0) is 0 Å². The number of aromatic nitrogens is 2. The van der Waals surface area contributed by atoms with Crippen LogP contribution in [0.4, 0.5) is 39.5 Å². The molecule has 1 aromatic carbocycles. The Balaban J connectivity index is 1.93. The van der Waals surface area contributed by atoms with Crippen LogP contribution in [0.5, 0.6) is 0 Å². The number of benzene rings is 1.